The van der Waals surface area contributed by atoms with E-state index in [1.165, 1.54) is 13.2 Å². The summed E-state index contributed by atoms with van der Waals surface area (Å²) in [5.41, 5.74) is 1.77. The number of amides is 1. The van der Waals surface area contributed by atoms with Gasteiger partial charge in [-0.3, -0.25) is 9.69 Å². The monoisotopic (exact) mass is 442 g/mol. The zero-order chi connectivity index (χ0) is 22.9. The van der Waals surface area contributed by atoms with Crippen molar-refractivity contribution in [3.63, 3.8) is 0 Å². The highest BCUT2D eigenvalue weighted by atomic mass is 19.1. The van der Waals surface area contributed by atoms with Gasteiger partial charge in [0.2, 0.25) is 5.91 Å². The smallest absolute Gasteiger partial charge is 0.246 e. The van der Waals surface area contributed by atoms with E-state index in [1.54, 1.807) is 18.2 Å². The van der Waals surface area contributed by atoms with Crippen LogP contribution in [0, 0.1) is 5.82 Å². The Balaban J connectivity index is 1.53. The van der Waals surface area contributed by atoms with Crippen molar-refractivity contribution < 1.29 is 23.4 Å². The van der Waals surface area contributed by atoms with Gasteiger partial charge in [-0.05, 0) is 55.3 Å². The summed E-state index contributed by atoms with van der Waals surface area (Å²) in [5, 5.41) is 0. The highest BCUT2D eigenvalue weighted by molar-refractivity contribution is 5.92. The van der Waals surface area contributed by atoms with Gasteiger partial charge < -0.3 is 19.1 Å². The molecule has 2 aromatic carbocycles. The van der Waals surface area contributed by atoms with Gasteiger partial charge in [-0.25, -0.2) is 4.39 Å². The second-order valence-electron chi connectivity index (χ2n) is 7.48. The van der Waals surface area contributed by atoms with Crippen LogP contribution in [0.5, 0.6) is 17.2 Å². The Kier molecular flexibility index (Phi) is 8.50. The molecule has 0 N–H and O–H groups in total. The van der Waals surface area contributed by atoms with Gasteiger partial charge in [0.15, 0.2) is 23.1 Å². The lowest BCUT2D eigenvalue weighted by Crippen LogP contribution is -2.47. The van der Waals surface area contributed by atoms with Crippen LogP contribution in [-0.2, 0) is 11.3 Å². The standard InChI is InChI=1S/C25H31FN2O4/c1-4-31-23-10-6-19(17-24(23)32-5-2)8-11-25(29)28-14-12-27(13-15-28)18-20-7-9-22(30-3)21(26)16-20/h6-11,16-17H,4-5,12-15,18H2,1-3H3/b11-8+. The van der Waals surface area contributed by atoms with Gasteiger partial charge >= 0.3 is 0 Å². The molecule has 172 valence electrons. The minimum absolute atomic E-state index is 0.0213. The quantitative estimate of drug-likeness (QED) is 0.550. The third-order valence-electron chi connectivity index (χ3n) is 5.29. The SMILES string of the molecule is CCOc1ccc(/C=C/C(=O)N2CCN(Cc3ccc(OC)c(F)c3)CC2)cc1OCC. The van der Waals surface area contributed by atoms with Crippen molar-refractivity contribution in [3.05, 3.63) is 59.4 Å². The molecule has 0 unspecified atom stereocenters. The molecule has 0 spiro atoms. The van der Waals surface area contributed by atoms with Crippen LogP contribution in [0.15, 0.2) is 42.5 Å². The lowest BCUT2D eigenvalue weighted by Gasteiger charge is -2.34. The predicted octanol–water partition coefficient (Wildman–Crippen LogP) is 3.99. The normalized spacial score (nSPS) is 14.6. The number of hydrogen-bond acceptors (Lipinski definition) is 5. The Bertz CT molecular complexity index is 940. The van der Waals surface area contributed by atoms with E-state index in [9.17, 15) is 9.18 Å². The van der Waals surface area contributed by atoms with Crippen molar-refractivity contribution in [2.24, 2.45) is 0 Å². The van der Waals surface area contributed by atoms with Crippen molar-refractivity contribution in [2.45, 2.75) is 20.4 Å². The molecule has 0 saturated carbocycles. The highest BCUT2D eigenvalue weighted by Crippen LogP contribution is 2.29. The van der Waals surface area contributed by atoms with E-state index in [0.29, 0.717) is 44.3 Å². The summed E-state index contributed by atoms with van der Waals surface area (Å²) in [5.74, 6) is 1.24. The van der Waals surface area contributed by atoms with Crippen molar-refractivity contribution in [3.8, 4) is 17.2 Å². The molecule has 1 amide bonds. The van der Waals surface area contributed by atoms with Gasteiger partial charge in [-0.2, -0.15) is 0 Å². The first-order chi connectivity index (χ1) is 15.5. The van der Waals surface area contributed by atoms with Crippen LogP contribution in [-0.4, -0.2) is 62.2 Å². The fourth-order valence-electron chi connectivity index (χ4n) is 3.64. The molecular formula is C25H31FN2O4. The summed E-state index contributed by atoms with van der Waals surface area (Å²) in [6.07, 6.45) is 3.40. The second kappa shape index (κ2) is 11.5. The van der Waals surface area contributed by atoms with Crippen molar-refractivity contribution in [2.75, 3.05) is 46.5 Å². The first-order valence-corrected chi connectivity index (χ1v) is 11.0. The van der Waals surface area contributed by atoms with Crippen LogP contribution in [0.1, 0.15) is 25.0 Å². The van der Waals surface area contributed by atoms with Gasteiger partial charge in [-0.1, -0.05) is 12.1 Å². The van der Waals surface area contributed by atoms with Gasteiger partial charge in [0.05, 0.1) is 20.3 Å². The van der Waals surface area contributed by atoms with Crippen molar-refractivity contribution >= 4 is 12.0 Å². The topological polar surface area (TPSA) is 51.2 Å². The van der Waals surface area contributed by atoms with E-state index in [2.05, 4.69) is 4.90 Å². The molecular weight excluding hydrogens is 411 g/mol. The molecule has 1 fully saturated rings. The molecule has 0 radical (unpaired) electrons. The molecule has 0 aliphatic carbocycles. The molecule has 7 heteroatoms. The summed E-state index contributed by atoms with van der Waals surface area (Å²) in [7, 11) is 1.45. The van der Waals surface area contributed by atoms with Gasteiger partial charge in [0.25, 0.3) is 0 Å². The average molecular weight is 443 g/mol. The van der Waals surface area contributed by atoms with Crippen LogP contribution in [0.3, 0.4) is 0 Å². The minimum atomic E-state index is -0.356. The van der Waals surface area contributed by atoms with Crippen molar-refractivity contribution in [1.29, 1.82) is 0 Å². The van der Waals surface area contributed by atoms with Crippen LogP contribution in [0.25, 0.3) is 6.08 Å². The number of benzene rings is 2. The fourth-order valence-corrected chi connectivity index (χ4v) is 3.64. The van der Waals surface area contributed by atoms with E-state index >= 15 is 0 Å². The van der Waals surface area contributed by atoms with Crippen LogP contribution in [0.2, 0.25) is 0 Å². The number of halogens is 1. The largest absolute Gasteiger partial charge is 0.494 e. The molecule has 1 heterocycles. The first kappa shape index (κ1) is 23.6. The van der Waals surface area contributed by atoms with E-state index < -0.39 is 0 Å². The maximum atomic E-state index is 13.9. The molecule has 0 aromatic heterocycles. The number of carbonyl (C=O) groups is 1. The number of hydrogen-bond donors (Lipinski definition) is 0. The fraction of sp³-hybridized carbons (Fsp3) is 0.400. The van der Waals surface area contributed by atoms with Crippen LogP contribution < -0.4 is 14.2 Å². The lowest BCUT2D eigenvalue weighted by atomic mass is 10.1. The van der Waals surface area contributed by atoms with E-state index in [-0.39, 0.29) is 17.5 Å². The van der Waals surface area contributed by atoms with Crippen LogP contribution in [0.4, 0.5) is 4.39 Å². The van der Waals surface area contributed by atoms with E-state index in [4.69, 9.17) is 14.2 Å². The number of rotatable bonds is 9. The van der Waals surface area contributed by atoms with Crippen molar-refractivity contribution in [1.82, 2.24) is 9.80 Å². The van der Waals surface area contributed by atoms with Gasteiger partial charge in [0, 0.05) is 38.8 Å². The Morgan fingerprint density at radius 1 is 0.969 bits per heavy atom. The molecule has 3 rings (SSSR count). The average Bonchev–Trinajstić information content (AvgIpc) is 2.80. The zero-order valence-electron chi connectivity index (χ0n) is 19.0. The predicted molar refractivity (Wildman–Crippen MR) is 123 cm³/mol. The van der Waals surface area contributed by atoms with Gasteiger partial charge in [-0.15, -0.1) is 0 Å². The third kappa shape index (κ3) is 6.23. The highest BCUT2D eigenvalue weighted by Gasteiger charge is 2.20. The first-order valence-electron chi connectivity index (χ1n) is 11.0. The Morgan fingerprint density at radius 3 is 2.31 bits per heavy atom. The van der Waals surface area contributed by atoms with Crippen LogP contribution >= 0.6 is 0 Å². The molecule has 0 atom stereocenters. The molecule has 6 nitrogen and oxygen atoms in total. The summed E-state index contributed by atoms with van der Waals surface area (Å²) < 4.78 is 30.1. The number of carbonyl (C=O) groups excluding carboxylic acids is 1. The van der Waals surface area contributed by atoms with E-state index in [0.717, 1.165) is 24.2 Å². The number of methoxy groups -OCH3 is 1. The molecule has 2 aromatic rings. The molecule has 32 heavy (non-hydrogen) atoms. The summed E-state index contributed by atoms with van der Waals surface area (Å²) in [6, 6.07) is 10.7. The zero-order valence-corrected chi connectivity index (χ0v) is 19.0. The Labute approximate surface area is 189 Å². The number of ether oxygens (including phenoxy) is 3. The third-order valence-corrected chi connectivity index (χ3v) is 5.29. The summed E-state index contributed by atoms with van der Waals surface area (Å²) >= 11 is 0. The maximum Gasteiger partial charge on any atom is 0.246 e. The van der Waals surface area contributed by atoms with Gasteiger partial charge in [0.1, 0.15) is 0 Å². The lowest BCUT2D eigenvalue weighted by molar-refractivity contribution is -0.127. The molecule has 1 aliphatic rings. The Morgan fingerprint density at radius 2 is 1.66 bits per heavy atom. The Hall–Kier alpha value is -3.06. The summed E-state index contributed by atoms with van der Waals surface area (Å²) in [4.78, 5) is 16.7. The molecule has 1 aliphatic heterocycles. The maximum absolute atomic E-state index is 13.9. The van der Waals surface area contributed by atoms with E-state index in [1.807, 2.05) is 43.0 Å². The molecule has 0 bridgehead atoms. The number of nitrogens with zero attached hydrogens (tertiary/aromatic N) is 2. The minimum Gasteiger partial charge on any atom is -0.494 e. The summed E-state index contributed by atoms with van der Waals surface area (Å²) in [6.45, 7) is 8.35. The molecule has 1 saturated heterocycles. The number of piperazine rings is 1. The second-order valence-corrected chi connectivity index (χ2v) is 7.48.